The molecule has 1 N–H and O–H groups in total. The molecule has 1 heterocycles. The first-order valence-corrected chi connectivity index (χ1v) is 7.81. The highest BCUT2D eigenvalue weighted by atomic mass is 16.5. The summed E-state index contributed by atoms with van der Waals surface area (Å²) >= 11 is 0. The summed E-state index contributed by atoms with van der Waals surface area (Å²) in [6, 6.07) is 22.0. The summed E-state index contributed by atoms with van der Waals surface area (Å²) in [5.74, 6) is 0.862. The number of para-hydroxylation sites is 1. The Hall–Kier alpha value is -3.03. The molecule has 3 rings (SSSR count). The van der Waals surface area contributed by atoms with Gasteiger partial charge < -0.3 is 14.6 Å². The molecule has 0 bridgehead atoms. The summed E-state index contributed by atoms with van der Waals surface area (Å²) in [5.41, 5.74) is 3.90. The number of nitrogens with one attached hydrogen (secondary N) is 1. The smallest absolute Gasteiger partial charge is 0.118 e. The maximum absolute atomic E-state index is 9.29. The third-order valence-electron chi connectivity index (χ3n) is 3.91. The largest absolute Gasteiger partial charge is 0.497 e. The molecule has 0 amide bonds. The molecule has 4 nitrogen and oxygen atoms in total. The molecule has 0 spiro atoms. The molecular formula is C20H19N3O. The molecular weight excluding hydrogens is 298 g/mol. The van der Waals surface area contributed by atoms with Gasteiger partial charge in [-0.05, 0) is 42.0 Å². The van der Waals surface area contributed by atoms with Crippen LogP contribution in [0.1, 0.15) is 16.8 Å². The van der Waals surface area contributed by atoms with Crippen molar-refractivity contribution < 1.29 is 4.74 Å². The molecule has 0 aliphatic heterocycles. The van der Waals surface area contributed by atoms with Gasteiger partial charge in [0.25, 0.3) is 0 Å². The molecule has 3 aromatic rings. The number of hydrogen-bond acceptors (Lipinski definition) is 3. The van der Waals surface area contributed by atoms with Crippen LogP contribution in [0, 0.1) is 11.3 Å². The quantitative estimate of drug-likeness (QED) is 0.755. The highest BCUT2D eigenvalue weighted by molar-refractivity contribution is 5.49. The fourth-order valence-electron chi connectivity index (χ4n) is 2.65. The Balaban J connectivity index is 1.69. The Kier molecular flexibility index (Phi) is 4.95. The third-order valence-corrected chi connectivity index (χ3v) is 3.91. The number of nitrogens with zero attached hydrogens (tertiary/aromatic N) is 2. The van der Waals surface area contributed by atoms with Crippen molar-refractivity contribution in [3.63, 3.8) is 0 Å². The summed E-state index contributed by atoms with van der Waals surface area (Å²) in [7, 11) is 1.67. The minimum atomic E-state index is 0.671. The number of aromatic nitrogens is 1. The van der Waals surface area contributed by atoms with Crippen LogP contribution in [0.5, 0.6) is 5.75 Å². The van der Waals surface area contributed by atoms with Gasteiger partial charge in [0.1, 0.15) is 11.8 Å². The molecule has 0 radical (unpaired) electrons. The van der Waals surface area contributed by atoms with E-state index in [0.717, 1.165) is 30.2 Å². The lowest BCUT2D eigenvalue weighted by Crippen LogP contribution is -2.15. The molecule has 0 aliphatic rings. The predicted molar refractivity (Wildman–Crippen MR) is 94.0 cm³/mol. The van der Waals surface area contributed by atoms with Crippen LogP contribution < -0.4 is 10.1 Å². The zero-order valence-corrected chi connectivity index (χ0v) is 13.6. The topological polar surface area (TPSA) is 50.0 Å². The van der Waals surface area contributed by atoms with E-state index in [-0.39, 0.29) is 0 Å². The van der Waals surface area contributed by atoms with Gasteiger partial charge >= 0.3 is 0 Å². The summed E-state index contributed by atoms with van der Waals surface area (Å²) < 4.78 is 7.22. The van der Waals surface area contributed by atoms with Crippen molar-refractivity contribution in [2.24, 2.45) is 0 Å². The minimum Gasteiger partial charge on any atom is -0.497 e. The van der Waals surface area contributed by atoms with Crippen molar-refractivity contribution in [2.45, 2.75) is 13.1 Å². The van der Waals surface area contributed by atoms with Crippen molar-refractivity contribution in [1.82, 2.24) is 9.88 Å². The van der Waals surface area contributed by atoms with Gasteiger partial charge in [0.05, 0.1) is 18.4 Å². The number of rotatable bonds is 6. The van der Waals surface area contributed by atoms with E-state index in [1.807, 2.05) is 48.7 Å². The molecule has 1 aromatic heterocycles. The van der Waals surface area contributed by atoms with Crippen LogP contribution in [0.3, 0.4) is 0 Å². The van der Waals surface area contributed by atoms with Crippen LogP contribution in [-0.2, 0) is 13.1 Å². The van der Waals surface area contributed by atoms with E-state index in [2.05, 4.69) is 34.2 Å². The minimum absolute atomic E-state index is 0.671. The first-order chi connectivity index (χ1) is 11.8. The van der Waals surface area contributed by atoms with Gasteiger partial charge in [-0.25, -0.2) is 0 Å². The number of hydrogen-bond donors (Lipinski definition) is 1. The van der Waals surface area contributed by atoms with Crippen LogP contribution >= 0.6 is 0 Å². The van der Waals surface area contributed by atoms with Gasteiger partial charge in [0.2, 0.25) is 0 Å². The molecule has 0 unspecified atom stereocenters. The summed E-state index contributed by atoms with van der Waals surface area (Å²) in [4.78, 5) is 0. The van der Waals surface area contributed by atoms with Crippen LogP contribution in [0.25, 0.3) is 5.69 Å². The van der Waals surface area contributed by atoms with Crippen LogP contribution in [-0.4, -0.2) is 11.7 Å². The number of methoxy groups -OCH3 is 1. The number of benzene rings is 2. The molecule has 120 valence electrons. The SMILES string of the molecule is COc1ccc(CNCc2cccn2-c2ccccc2C#N)cc1. The van der Waals surface area contributed by atoms with Gasteiger partial charge in [-0.3, -0.25) is 0 Å². The van der Waals surface area contributed by atoms with Gasteiger partial charge in [-0.2, -0.15) is 5.26 Å². The molecule has 0 aliphatic carbocycles. The van der Waals surface area contributed by atoms with Crippen LogP contribution in [0.2, 0.25) is 0 Å². The summed E-state index contributed by atoms with van der Waals surface area (Å²) in [5, 5.41) is 12.7. The highest BCUT2D eigenvalue weighted by Crippen LogP contribution is 2.17. The average molecular weight is 317 g/mol. The van der Waals surface area contributed by atoms with Crippen molar-refractivity contribution >= 4 is 0 Å². The molecule has 4 heteroatoms. The van der Waals surface area contributed by atoms with E-state index in [4.69, 9.17) is 4.74 Å². The third kappa shape index (κ3) is 3.48. The van der Waals surface area contributed by atoms with E-state index in [0.29, 0.717) is 5.56 Å². The van der Waals surface area contributed by atoms with Gasteiger partial charge in [-0.1, -0.05) is 24.3 Å². The normalized spacial score (nSPS) is 10.3. The second-order valence-corrected chi connectivity index (χ2v) is 5.45. The van der Waals surface area contributed by atoms with E-state index >= 15 is 0 Å². The average Bonchev–Trinajstić information content (AvgIpc) is 3.10. The van der Waals surface area contributed by atoms with Gasteiger partial charge in [0.15, 0.2) is 0 Å². The molecule has 0 atom stereocenters. The second-order valence-electron chi connectivity index (χ2n) is 5.45. The Bertz CT molecular complexity index is 844. The molecule has 0 fully saturated rings. The summed E-state index contributed by atoms with van der Waals surface area (Å²) in [6.07, 6.45) is 1.99. The Morgan fingerprint density at radius 1 is 1.00 bits per heavy atom. The number of ether oxygens (including phenoxy) is 1. The molecule has 0 saturated carbocycles. The monoisotopic (exact) mass is 317 g/mol. The first-order valence-electron chi connectivity index (χ1n) is 7.81. The second kappa shape index (κ2) is 7.49. The fraction of sp³-hybridized carbons (Fsp3) is 0.150. The van der Waals surface area contributed by atoms with Crippen LogP contribution in [0.4, 0.5) is 0 Å². The van der Waals surface area contributed by atoms with Crippen molar-refractivity contribution in [3.8, 4) is 17.5 Å². The Morgan fingerprint density at radius 2 is 1.79 bits per heavy atom. The number of nitriles is 1. The Morgan fingerprint density at radius 3 is 2.54 bits per heavy atom. The lowest BCUT2D eigenvalue weighted by molar-refractivity contribution is 0.414. The van der Waals surface area contributed by atoms with E-state index in [1.165, 1.54) is 5.56 Å². The zero-order chi connectivity index (χ0) is 16.8. The molecule has 24 heavy (non-hydrogen) atoms. The highest BCUT2D eigenvalue weighted by Gasteiger charge is 2.07. The van der Waals surface area contributed by atoms with E-state index in [9.17, 15) is 5.26 Å². The molecule has 2 aromatic carbocycles. The fourth-order valence-corrected chi connectivity index (χ4v) is 2.65. The maximum Gasteiger partial charge on any atom is 0.118 e. The van der Waals surface area contributed by atoms with E-state index < -0.39 is 0 Å². The van der Waals surface area contributed by atoms with Gasteiger partial charge in [-0.15, -0.1) is 0 Å². The van der Waals surface area contributed by atoms with Crippen molar-refractivity contribution in [1.29, 1.82) is 5.26 Å². The van der Waals surface area contributed by atoms with E-state index in [1.54, 1.807) is 7.11 Å². The predicted octanol–water partition coefficient (Wildman–Crippen LogP) is 3.65. The van der Waals surface area contributed by atoms with Gasteiger partial charge in [0, 0.05) is 25.0 Å². The Labute approximate surface area is 141 Å². The van der Waals surface area contributed by atoms with Crippen molar-refractivity contribution in [2.75, 3.05) is 7.11 Å². The summed E-state index contributed by atoms with van der Waals surface area (Å²) in [6.45, 7) is 1.49. The van der Waals surface area contributed by atoms with Crippen molar-refractivity contribution in [3.05, 3.63) is 83.7 Å². The standard InChI is InChI=1S/C20H19N3O/c1-24-19-10-8-16(9-11-19)14-22-15-18-6-4-12-23(18)20-7-3-2-5-17(20)13-21/h2-12,22H,14-15H2,1H3. The zero-order valence-electron chi connectivity index (χ0n) is 13.6. The lowest BCUT2D eigenvalue weighted by atomic mass is 10.2. The van der Waals surface area contributed by atoms with Crippen LogP contribution in [0.15, 0.2) is 66.9 Å². The molecule has 0 saturated heterocycles. The maximum atomic E-state index is 9.29. The lowest BCUT2D eigenvalue weighted by Gasteiger charge is -2.12. The first kappa shape index (κ1) is 15.9.